The maximum Gasteiger partial charge on any atom is 0.0863 e. The predicted octanol–water partition coefficient (Wildman–Crippen LogP) is 1.59. The summed E-state index contributed by atoms with van der Waals surface area (Å²) in [4.78, 5) is 2.25. The molecule has 4 nitrogen and oxygen atoms in total. The van der Waals surface area contributed by atoms with E-state index in [1.807, 2.05) is 11.7 Å². The standard InChI is InChI=1S/C12H20ClN3O/c1-3-10-12(13)11(15(2)14-10)8-16-6-4-5-9(17)7-16/h9,17H,3-8H2,1-2H3/t9-/m0/s1. The molecule has 0 spiro atoms. The van der Waals surface area contributed by atoms with E-state index in [1.54, 1.807) is 0 Å². The van der Waals surface area contributed by atoms with Crippen molar-refractivity contribution in [1.29, 1.82) is 0 Å². The van der Waals surface area contributed by atoms with Gasteiger partial charge in [0.1, 0.15) is 0 Å². The van der Waals surface area contributed by atoms with Crippen molar-refractivity contribution in [2.45, 2.75) is 38.8 Å². The maximum absolute atomic E-state index is 9.65. The van der Waals surface area contributed by atoms with Crippen LogP contribution in [0.25, 0.3) is 0 Å². The van der Waals surface area contributed by atoms with Gasteiger partial charge >= 0.3 is 0 Å². The van der Waals surface area contributed by atoms with E-state index in [0.717, 1.165) is 55.3 Å². The summed E-state index contributed by atoms with van der Waals surface area (Å²) in [6.45, 7) is 4.60. The highest BCUT2D eigenvalue weighted by atomic mass is 35.5. The van der Waals surface area contributed by atoms with Gasteiger partial charge < -0.3 is 5.11 Å². The Bertz CT molecular complexity index is 391. The van der Waals surface area contributed by atoms with E-state index in [0.29, 0.717) is 0 Å². The van der Waals surface area contributed by atoms with Gasteiger partial charge in [-0.25, -0.2) is 0 Å². The minimum atomic E-state index is -0.193. The normalized spacial score (nSPS) is 22.0. The molecule has 1 aromatic rings. The summed E-state index contributed by atoms with van der Waals surface area (Å²) in [7, 11) is 1.93. The number of aliphatic hydroxyl groups excluding tert-OH is 1. The monoisotopic (exact) mass is 257 g/mol. The van der Waals surface area contributed by atoms with Gasteiger partial charge in [0.25, 0.3) is 0 Å². The number of aryl methyl sites for hydroxylation is 2. The van der Waals surface area contributed by atoms with Crippen LogP contribution in [0.1, 0.15) is 31.2 Å². The second-order valence-corrected chi connectivity index (χ2v) is 5.09. The van der Waals surface area contributed by atoms with Gasteiger partial charge in [0.2, 0.25) is 0 Å². The zero-order valence-corrected chi connectivity index (χ0v) is 11.2. The first-order valence-electron chi connectivity index (χ1n) is 6.22. The van der Waals surface area contributed by atoms with Gasteiger partial charge in [-0.15, -0.1) is 0 Å². The lowest BCUT2D eigenvalue weighted by atomic mass is 10.1. The number of β-amino-alcohol motifs (C(OH)–C–C–N with tert-alkyl or cyclic N) is 1. The molecule has 1 aromatic heterocycles. The summed E-state index contributed by atoms with van der Waals surface area (Å²) in [6, 6.07) is 0. The van der Waals surface area contributed by atoms with Crippen molar-refractivity contribution in [3.63, 3.8) is 0 Å². The molecule has 1 atom stereocenters. The fraction of sp³-hybridized carbons (Fsp3) is 0.750. The average molecular weight is 258 g/mol. The Morgan fingerprint density at radius 1 is 1.53 bits per heavy atom. The highest BCUT2D eigenvalue weighted by molar-refractivity contribution is 6.31. The first-order chi connectivity index (χ1) is 8.11. The molecule has 2 heterocycles. The zero-order valence-electron chi connectivity index (χ0n) is 10.5. The molecule has 1 N–H and O–H groups in total. The number of likely N-dealkylation sites (tertiary alicyclic amines) is 1. The third-order valence-electron chi connectivity index (χ3n) is 3.36. The first kappa shape index (κ1) is 12.9. The molecule has 0 bridgehead atoms. The molecule has 0 radical (unpaired) electrons. The first-order valence-corrected chi connectivity index (χ1v) is 6.60. The van der Waals surface area contributed by atoms with Crippen molar-refractivity contribution in [1.82, 2.24) is 14.7 Å². The molecule has 17 heavy (non-hydrogen) atoms. The van der Waals surface area contributed by atoms with Crippen LogP contribution in [0.3, 0.4) is 0 Å². The molecule has 5 heteroatoms. The van der Waals surface area contributed by atoms with Crippen molar-refractivity contribution in [3.05, 3.63) is 16.4 Å². The van der Waals surface area contributed by atoms with Crippen LogP contribution < -0.4 is 0 Å². The van der Waals surface area contributed by atoms with E-state index >= 15 is 0 Å². The molecule has 0 unspecified atom stereocenters. The summed E-state index contributed by atoms with van der Waals surface area (Å²) in [5, 5.41) is 14.8. The molecule has 1 fully saturated rings. The Hall–Kier alpha value is -0.580. The Balaban J connectivity index is 2.10. The number of aliphatic hydroxyl groups is 1. The molecule has 0 aromatic carbocycles. The lowest BCUT2D eigenvalue weighted by Gasteiger charge is -2.29. The highest BCUT2D eigenvalue weighted by Crippen LogP contribution is 2.23. The van der Waals surface area contributed by atoms with Gasteiger partial charge in [-0.2, -0.15) is 5.10 Å². The fourth-order valence-electron chi connectivity index (χ4n) is 2.38. The minimum absolute atomic E-state index is 0.193. The van der Waals surface area contributed by atoms with Crippen molar-refractivity contribution >= 4 is 11.6 Å². The van der Waals surface area contributed by atoms with Crippen LogP contribution in [0.15, 0.2) is 0 Å². The van der Waals surface area contributed by atoms with Crippen LogP contribution >= 0.6 is 11.6 Å². The molecule has 1 aliphatic heterocycles. The lowest BCUT2D eigenvalue weighted by Crippen LogP contribution is -2.38. The van der Waals surface area contributed by atoms with Crippen LogP contribution in [0.2, 0.25) is 5.02 Å². The van der Waals surface area contributed by atoms with Crippen molar-refractivity contribution < 1.29 is 5.11 Å². The quantitative estimate of drug-likeness (QED) is 0.894. The average Bonchev–Trinajstić information content (AvgIpc) is 2.56. The van der Waals surface area contributed by atoms with Gasteiger partial charge in [-0.05, 0) is 25.8 Å². The summed E-state index contributed by atoms with van der Waals surface area (Å²) in [5.74, 6) is 0. The highest BCUT2D eigenvalue weighted by Gasteiger charge is 2.21. The largest absolute Gasteiger partial charge is 0.392 e. The minimum Gasteiger partial charge on any atom is -0.392 e. The SMILES string of the molecule is CCc1nn(C)c(CN2CCC[C@H](O)C2)c1Cl. The maximum atomic E-state index is 9.65. The van der Waals surface area contributed by atoms with Gasteiger partial charge in [-0.3, -0.25) is 9.58 Å². The summed E-state index contributed by atoms with van der Waals surface area (Å²) in [6.07, 6.45) is 2.63. The third-order valence-corrected chi connectivity index (χ3v) is 3.79. The van der Waals surface area contributed by atoms with Gasteiger partial charge in [0.15, 0.2) is 0 Å². The molecule has 0 aliphatic carbocycles. The van der Waals surface area contributed by atoms with Crippen LogP contribution in [-0.4, -0.2) is 39.0 Å². The fourth-order valence-corrected chi connectivity index (χ4v) is 2.73. The number of hydrogen-bond acceptors (Lipinski definition) is 3. The van der Waals surface area contributed by atoms with Crippen LogP contribution in [0.4, 0.5) is 0 Å². The van der Waals surface area contributed by atoms with E-state index < -0.39 is 0 Å². The second-order valence-electron chi connectivity index (χ2n) is 4.72. The van der Waals surface area contributed by atoms with E-state index in [-0.39, 0.29) is 6.10 Å². The second kappa shape index (κ2) is 5.38. The molecule has 0 saturated carbocycles. The number of nitrogens with zero attached hydrogens (tertiary/aromatic N) is 3. The number of aromatic nitrogens is 2. The summed E-state index contributed by atoms with van der Waals surface area (Å²) in [5.41, 5.74) is 2.01. The molecule has 1 aliphatic rings. The van der Waals surface area contributed by atoms with E-state index in [2.05, 4.69) is 16.9 Å². The Labute approximate surface area is 107 Å². The molecule has 0 amide bonds. The zero-order chi connectivity index (χ0) is 12.4. The Morgan fingerprint density at radius 2 is 2.29 bits per heavy atom. The molecule has 96 valence electrons. The lowest BCUT2D eigenvalue weighted by molar-refractivity contribution is 0.0656. The van der Waals surface area contributed by atoms with Crippen molar-refractivity contribution in [2.75, 3.05) is 13.1 Å². The van der Waals surface area contributed by atoms with E-state index in [1.165, 1.54) is 0 Å². The van der Waals surface area contributed by atoms with Gasteiger partial charge in [0, 0.05) is 20.1 Å². The van der Waals surface area contributed by atoms with Crippen molar-refractivity contribution in [3.8, 4) is 0 Å². The molecular formula is C12H20ClN3O. The Morgan fingerprint density at radius 3 is 2.88 bits per heavy atom. The number of hydrogen-bond donors (Lipinski definition) is 1. The van der Waals surface area contributed by atoms with Crippen LogP contribution in [-0.2, 0) is 20.0 Å². The topological polar surface area (TPSA) is 41.3 Å². The van der Waals surface area contributed by atoms with E-state index in [4.69, 9.17) is 11.6 Å². The summed E-state index contributed by atoms with van der Waals surface area (Å²) < 4.78 is 1.86. The van der Waals surface area contributed by atoms with Crippen LogP contribution in [0, 0.1) is 0 Å². The van der Waals surface area contributed by atoms with Crippen LogP contribution in [0.5, 0.6) is 0 Å². The Kier molecular flexibility index (Phi) is 4.07. The molecule has 2 rings (SSSR count). The molecular weight excluding hydrogens is 238 g/mol. The molecule has 1 saturated heterocycles. The summed E-state index contributed by atoms with van der Waals surface area (Å²) >= 11 is 6.31. The van der Waals surface area contributed by atoms with Crippen molar-refractivity contribution in [2.24, 2.45) is 7.05 Å². The van der Waals surface area contributed by atoms with Gasteiger partial charge in [0.05, 0.1) is 22.5 Å². The van der Waals surface area contributed by atoms with E-state index in [9.17, 15) is 5.11 Å². The smallest absolute Gasteiger partial charge is 0.0863 e. The predicted molar refractivity (Wildman–Crippen MR) is 68.1 cm³/mol. The number of rotatable bonds is 3. The van der Waals surface area contributed by atoms with Gasteiger partial charge in [-0.1, -0.05) is 18.5 Å². The number of piperidine rings is 1. The third kappa shape index (κ3) is 2.81. The number of halogens is 1.